The Bertz CT molecular complexity index is 890. The fraction of sp³-hybridized carbons (Fsp3) is 0.111. The van der Waals surface area contributed by atoms with Gasteiger partial charge in [0.05, 0.1) is 17.7 Å². The molecule has 1 N–H and O–H groups in total. The van der Waals surface area contributed by atoms with E-state index in [0.717, 1.165) is 0 Å². The number of amides is 1. The first kappa shape index (κ1) is 15.9. The summed E-state index contributed by atoms with van der Waals surface area (Å²) in [5, 5.41) is 6.35. The van der Waals surface area contributed by atoms with Gasteiger partial charge < -0.3 is 9.84 Å². The minimum Gasteiger partial charge on any atom is -0.356 e. The van der Waals surface area contributed by atoms with Gasteiger partial charge in [-0.15, -0.1) is 0 Å². The van der Waals surface area contributed by atoms with E-state index in [2.05, 4.69) is 10.5 Å². The van der Waals surface area contributed by atoms with Crippen LogP contribution in [-0.2, 0) is 11.2 Å². The summed E-state index contributed by atoms with van der Waals surface area (Å²) in [4.78, 5) is 12.0. The number of hydrogen-bond donors (Lipinski definition) is 1. The molecular formula is C18H14F2N2O2. The number of aryl methyl sites for hydroxylation is 1. The average Bonchev–Trinajstić information content (AvgIpc) is 2.99. The molecule has 4 nitrogen and oxygen atoms in total. The quantitative estimate of drug-likeness (QED) is 0.784. The molecule has 0 fully saturated rings. The van der Waals surface area contributed by atoms with Crippen LogP contribution in [0.3, 0.4) is 0 Å². The average molecular weight is 328 g/mol. The van der Waals surface area contributed by atoms with Gasteiger partial charge in [0.15, 0.2) is 5.76 Å². The normalized spacial score (nSPS) is 10.6. The van der Waals surface area contributed by atoms with Crippen LogP contribution < -0.4 is 5.32 Å². The molecule has 2 aromatic carbocycles. The van der Waals surface area contributed by atoms with E-state index in [1.807, 2.05) is 0 Å². The van der Waals surface area contributed by atoms with Crippen LogP contribution >= 0.6 is 0 Å². The lowest BCUT2D eigenvalue weighted by Crippen LogP contribution is -2.14. The molecule has 6 heteroatoms. The van der Waals surface area contributed by atoms with Gasteiger partial charge in [0.1, 0.15) is 11.6 Å². The summed E-state index contributed by atoms with van der Waals surface area (Å²) in [6.07, 6.45) is -0.0621. The molecular weight excluding hydrogens is 314 g/mol. The van der Waals surface area contributed by atoms with Gasteiger partial charge in [0.2, 0.25) is 5.91 Å². The lowest BCUT2D eigenvalue weighted by molar-refractivity contribution is -0.115. The van der Waals surface area contributed by atoms with E-state index in [-0.39, 0.29) is 23.7 Å². The van der Waals surface area contributed by atoms with Crippen molar-refractivity contribution in [3.63, 3.8) is 0 Å². The summed E-state index contributed by atoms with van der Waals surface area (Å²) in [6, 6.07) is 12.1. The minimum absolute atomic E-state index is 0.0621. The summed E-state index contributed by atoms with van der Waals surface area (Å²) in [7, 11) is 0. The topological polar surface area (TPSA) is 55.1 Å². The third-order valence-electron chi connectivity index (χ3n) is 3.50. The lowest BCUT2D eigenvalue weighted by atomic mass is 10.1. The van der Waals surface area contributed by atoms with Crippen LogP contribution in [0.4, 0.5) is 14.5 Å². The maximum Gasteiger partial charge on any atom is 0.230 e. The smallest absolute Gasteiger partial charge is 0.230 e. The standard InChI is InChI=1S/C18H14F2N2O2/c1-11-6-7-12(8-16(11)20)21-18(23)10-13-9-17(24-22-13)14-4-2-3-5-15(14)19/h2-9H,10H2,1H3,(H,21,23). The van der Waals surface area contributed by atoms with E-state index in [1.54, 1.807) is 37.3 Å². The van der Waals surface area contributed by atoms with E-state index in [9.17, 15) is 13.6 Å². The van der Waals surface area contributed by atoms with E-state index >= 15 is 0 Å². The van der Waals surface area contributed by atoms with Crippen LogP contribution in [-0.4, -0.2) is 11.1 Å². The number of benzene rings is 2. The second-order valence-corrected chi connectivity index (χ2v) is 5.35. The number of nitrogens with one attached hydrogen (secondary N) is 1. The van der Waals surface area contributed by atoms with Gasteiger partial charge in [0.25, 0.3) is 0 Å². The molecule has 0 bridgehead atoms. The van der Waals surface area contributed by atoms with Crippen LogP contribution in [0.2, 0.25) is 0 Å². The van der Waals surface area contributed by atoms with E-state index in [4.69, 9.17) is 4.52 Å². The Hall–Kier alpha value is -3.02. The predicted molar refractivity (Wildman–Crippen MR) is 85.4 cm³/mol. The number of hydrogen-bond acceptors (Lipinski definition) is 3. The molecule has 0 aliphatic rings. The van der Waals surface area contributed by atoms with Crippen LogP contribution in [0.25, 0.3) is 11.3 Å². The van der Waals surface area contributed by atoms with Crippen molar-refractivity contribution in [3.8, 4) is 11.3 Å². The SMILES string of the molecule is Cc1ccc(NC(=O)Cc2cc(-c3ccccc3F)on2)cc1F. The molecule has 0 saturated carbocycles. The second kappa shape index (κ2) is 6.62. The van der Waals surface area contributed by atoms with Crippen molar-refractivity contribution in [2.45, 2.75) is 13.3 Å². The highest BCUT2D eigenvalue weighted by Crippen LogP contribution is 2.23. The van der Waals surface area contributed by atoms with Crippen molar-refractivity contribution < 1.29 is 18.1 Å². The molecule has 1 heterocycles. The minimum atomic E-state index is -0.431. The molecule has 1 amide bonds. The summed E-state index contributed by atoms with van der Waals surface area (Å²) in [5.74, 6) is -0.945. The summed E-state index contributed by atoms with van der Waals surface area (Å²) >= 11 is 0. The number of nitrogens with zero attached hydrogens (tertiary/aromatic N) is 1. The zero-order valence-corrected chi connectivity index (χ0v) is 12.8. The van der Waals surface area contributed by atoms with Gasteiger partial charge in [-0.25, -0.2) is 8.78 Å². The lowest BCUT2D eigenvalue weighted by Gasteiger charge is -2.05. The summed E-state index contributed by atoms with van der Waals surface area (Å²) < 4.78 is 32.3. The molecule has 0 atom stereocenters. The first-order chi connectivity index (χ1) is 11.5. The van der Waals surface area contributed by atoms with Gasteiger partial charge in [-0.2, -0.15) is 0 Å². The van der Waals surface area contributed by atoms with Gasteiger partial charge >= 0.3 is 0 Å². The largest absolute Gasteiger partial charge is 0.356 e. The van der Waals surface area contributed by atoms with Gasteiger partial charge in [-0.05, 0) is 36.8 Å². The van der Waals surface area contributed by atoms with Crippen molar-refractivity contribution >= 4 is 11.6 Å². The van der Waals surface area contributed by atoms with Crippen molar-refractivity contribution in [3.05, 3.63) is 71.4 Å². The number of rotatable bonds is 4. The zero-order chi connectivity index (χ0) is 17.1. The van der Waals surface area contributed by atoms with Crippen molar-refractivity contribution in [2.24, 2.45) is 0 Å². The van der Waals surface area contributed by atoms with Crippen LogP contribution in [0.1, 0.15) is 11.3 Å². The number of anilines is 1. The third kappa shape index (κ3) is 3.48. The first-order valence-electron chi connectivity index (χ1n) is 7.29. The predicted octanol–water partition coefficient (Wildman–Crippen LogP) is 4.11. The maximum absolute atomic E-state index is 13.7. The fourth-order valence-electron chi connectivity index (χ4n) is 2.22. The Balaban J connectivity index is 1.69. The zero-order valence-electron chi connectivity index (χ0n) is 12.8. The molecule has 0 spiro atoms. The number of carbonyl (C=O) groups excluding carboxylic acids is 1. The molecule has 3 aromatic rings. The molecule has 0 aliphatic carbocycles. The molecule has 0 unspecified atom stereocenters. The second-order valence-electron chi connectivity index (χ2n) is 5.35. The maximum atomic E-state index is 13.7. The molecule has 24 heavy (non-hydrogen) atoms. The van der Waals surface area contributed by atoms with E-state index < -0.39 is 11.6 Å². The highest BCUT2D eigenvalue weighted by Gasteiger charge is 2.13. The number of halogens is 2. The Morgan fingerprint density at radius 3 is 2.67 bits per heavy atom. The van der Waals surface area contributed by atoms with Crippen LogP contribution in [0.5, 0.6) is 0 Å². The van der Waals surface area contributed by atoms with Crippen LogP contribution in [0.15, 0.2) is 53.1 Å². The van der Waals surface area contributed by atoms with Gasteiger partial charge in [-0.3, -0.25) is 4.79 Å². The molecule has 0 radical (unpaired) electrons. The van der Waals surface area contributed by atoms with Gasteiger partial charge in [-0.1, -0.05) is 23.4 Å². The Kier molecular flexibility index (Phi) is 4.37. The fourth-order valence-corrected chi connectivity index (χ4v) is 2.22. The van der Waals surface area contributed by atoms with Crippen LogP contribution in [0, 0.1) is 18.6 Å². The first-order valence-corrected chi connectivity index (χ1v) is 7.29. The number of aromatic nitrogens is 1. The van der Waals surface area contributed by atoms with Crippen molar-refractivity contribution in [2.75, 3.05) is 5.32 Å². The highest BCUT2D eigenvalue weighted by atomic mass is 19.1. The van der Waals surface area contributed by atoms with Crippen molar-refractivity contribution in [1.29, 1.82) is 0 Å². The van der Waals surface area contributed by atoms with Crippen molar-refractivity contribution in [1.82, 2.24) is 5.16 Å². The summed E-state index contributed by atoms with van der Waals surface area (Å²) in [5.41, 5.74) is 1.50. The molecule has 122 valence electrons. The van der Waals surface area contributed by atoms with Gasteiger partial charge in [0, 0.05) is 11.8 Å². The highest BCUT2D eigenvalue weighted by molar-refractivity contribution is 5.92. The molecule has 0 aliphatic heterocycles. The monoisotopic (exact) mass is 328 g/mol. The summed E-state index contributed by atoms with van der Waals surface area (Å²) in [6.45, 7) is 1.64. The molecule has 1 aromatic heterocycles. The number of carbonyl (C=O) groups is 1. The third-order valence-corrected chi connectivity index (χ3v) is 3.50. The Labute approximate surface area is 137 Å². The van der Waals surface area contributed by atoms with E-state index in [0.29, 0.717) is 16.9 Å². The molecule has 0 saturated heterocycles. The Morgan fingerprint density at radius 2 is 1.92 bits per heavy atom. The molecule has 3 rings (SSSR count). The Morgan fingerprint density at radius 1 is 1.12 bits per heavy atom. The van der Waals surface area contributed by atoms with E-state index in [1.165, 1.54) is 18.2 Å².